The number of benzene rings is 2. The van der Waals surface area contributed by atoms with Crippen LogP contribution in [0, 0.1) is 5.92 Å². The lowest BCUT2D eigenvalue weighted by atomic mass is 9.97. The molecule has 0 bridgehead atoms. The van der Waals surface area contributed by atoms with Gasteiger partial charge < -0.3 is 5.32 Å². The Balaban J connectivity index is 2.09. The molecule has 0 spiro atoms. The predicted octanol–water partition coefficient (Wildman–Crippen LogP) is 5.98. The third kappa shape index (κ3) is 5.14. The lowest BCUT2D eigenvalue weighted by Crippen LogP contribution is -2.22. The molecule has 1 nitrogen and oxygen atoms in total. The number of rotatable bonds is 6. The van der Waals surface area contributed by atoms with Crippen LogP contribution >= 0.6 is 27.5 Å². The molecule has 21 heavy (non-hydrogen) atoms. The maximum absolute atomic E-state index is 6.29. The summed E-state index contributed by atoms with van der Waals surface area (Å²) in [5.74, 6) is 0.642. The number of hydrogen-bond acceptors (Lipinski definition) is 1. The highest BCUT2D eigenvalue weighted by atomic mass is 79.9. The van der Waals surface area contributed by atoms with Gasteiger partial charge in [0, 0.05) is 22.1 Å². The van der Waals surface area contributed by atoms with Crippen LogP contribution in [0.3, 0.4) is 0 Å². The van der Waals surface area contributed by atoms with E-state index in [1.54, 1.807) is 0 Å². The van der Waals surface area contributed by atoms with Crippen molar-refractivity contribution in [3.8, 4) is 0 Å². The van der Waals surface area contributed by atoms with Crippen molar-refractivity contribution < 1.29 is 0 Å². The van der Waals surface area contributed by atoms with Crippen molar-refractivity contribution in [2.24, 2.45) is 5.92 Å². The predicted molar refractivity (Wildman–Crippen MR) is 94.6 cm³/mol. The number of hydrogen-bond donors (Lipinski definition) is 1. The molecule has 0 saturated carbocycles. The quantitative estimate of drug-likeness (QED) is 0.663. The highest BCUT2D eigenvalue weighted by Gasteiger charge is 2.13. The average Bonchev–Trinajstić information content (AvgIpc) is 2.45. The fraction of sp³-hybridized carbons (Fsp3) is 0.333. The minimum atomic E-state index is 0.353. The fourth-order valence-electron chi connectivity index (χ4n) is 2.39. The van der Waals surface area contributed by atoms with Crippen molar-refractivity contribution in [1.29, 1.82) is 0 Å². The highest BCUT2D eigenvalue weighted by molar-refractivity contribution is 9.10. The zero-order valence-electron chi connectivity index (χ0n) is 12.4. The van der Waals surface area contributed by atoms with Crippen LogP contribution in [0.25, 0.3) is 0 Å². The van der Waals surface area contributed by atoms with Gasteiger partial charge >= 0.3 is 0 Å². The topological polar surface area (TPSA) is 12.0 Å². The summed E-state index contributed by atoms with van der Waals surface area (Å²) in [5, 5.41) is 4.44. The molecule has 0 fully saturated rings. The van der Waals surface area contributed by atoms with Crippen LogP contribution < -0.4 is 5.32 Å². The van der Waals surface area contributed by atoms with Gasteiger partial charge in [-0.05, 0) is 35.6 Å². The van der Waals surface area contributed by atoms with E-state index >= 15 is 0 Å². The van der Waals surface area contributed by atoms with Gasteiger partial charge in [0.2, 0.25) is 0 Å². The summed E-state index contributed by atoms with van der Waals surface area (Å²) in [4.78, 5) is 0. The Morgan fingerprint density at radius 1 is 1.10 bits per heavy atom. The van der Waals surface area contributed by atoms with Crippen molar-refractivity contribution >= 4 is 27.5 Å². The van der Waals surface area contributed by atoms with Gasteiger partial charge in [-0.25, -0.2) is 0 Å². The molecule has 2 rings (SSSR count). The summed E-state index contributed by atoms with van der Waals surface area (Å²) < 4.78 is 1.01. The molecule has 2 aromatic rings. The van der Waals surface area contributed by atoms with E-state index in [1.807, 2.05) is 12.1 Å². The Bertz CT molecular complexity index is 569. The molecule has 112 valence electrons. The second kappa shape index (κ2) is 7.98. The first-order chi connectivity index (χ1) is 10.1. The molecule has 3 heteroatoms. The van der Waals surface area contributed by atoms with Crippen LogP contribution in [0.5, 0.6) is 0 Å². The van der Waals surface area contributed by atoms with Gasteiger partial charge in [0.15, 0.2) is 0 Å². The summed E-state index contributed by atoms with van der Waals surface area (Å²) in [5.41, 5.74) is 2.46. The van der Waals surface area contributed by atoms with Crippen LogP contribution in [-0.2, 0) is 6.54 Å². The Kier molecular flexibility index (Phi) is 6.28. The molecule has 0 amide bonds. The smallest absolute Gasteiger partial charge is 0.0462 e. The first kappa shape index (κ1) is 16.5. The van der Waals surface area contributed by atoms with Crippen LogP contribution in [0.2, 0.25) is 5.02 Å². The molecule has 1 N–H and O–H groups in total. The molecule has 1 unspecified atom stereocenters. The van der Waals surface area contributed by atoms with E-state index in [0.717, 1.165) is 28.0 Å². The normalized spacial score (nSPS) is 12.6. The first-order valence-electron chi connectivity index (χ1n) is 7.28. The van der Waals surface area contributed by atoms with E-state index in [-0.39, 0.29) is 0 Å². The van der Waals surface area contributed by atoms with Crippen molar-refractivity contribution in [3.63, 3.8) is 0 Å². The second-order valence-corrected chi connectivity index (χ2v) is 7.03. The molecule has 0 saturated heterocycles. The summed E-state index contributed by atoms with van der Waals surface area (Å²) in [6.07, 6.45) is 1.11. The molecule has 0 radical (unpaired) electrons. The fourth-order valence-corrected chi connectivity index (χ4v) is 3.13. The van der Waals surface area contributed by atoms with Gasteiger partial charge in [-0.2, -0.15) is 0 Å². The first-order valence-corrected chi connectivity index (χ1v) is 8.45. The molecule has 0 aromatic heterocycles. The van der Waals surface area contributed by atoms with Crippen LogP contribution in [0.15, 0.2) is 53.0 Å². The minimum absolute atomic E-state index is 0.353. The molecule has 2 aromatic carbocycles. The van der Waals surface area contributed by atoms with Crippen molar-refractivity contribution in [2.75, 3.05) is 0 Å². The van der Waals surface area contributed by atoms with Crippen LogP contribution in [-0.4, -0.2) is 0 Å². The highest BCUT2D eigenvalue weighted by Crippen LogP contribution is 2.24. The molecule has 0 aliphatic carbocycles. The molecular weight excluding hydrogens is 346 g/mol. The number of halogens is 2. The summed E-state index contributed by atoms with van der Waals surface area (Å²) in [7, 11) is 0. The lowest BCUT2D eigenvalue weighted by Gasteiger charge is -2.21. The van der Waals surface area contributed by atoms with E-state index in [2.05, 4.69) is 71.5 Å². The Labute approximate surface area is 140 Å². The van der Waals surface area contributed by atoms with Crippen molar-refractivity contribution in [3.05, 3.63) is 69.2 Å². The molecule has 0 heterocycles. The van der Waals surface area contributed by atoms with E-state index in [4.69, 9.17) is 11.6 Å². The van der Waals surface area contributed by atoms with Gasteiger partial charge in [0.05, 0.1) is 0 Å². The molecule has 0 aliphatic heterocycles. The van der Waals surface area contributed by atoms with Crippen LogP contribution in [0.1, 0.15) is 37.4 Å². The maximum atomic E-state index is 6.29. The summed E-state index contributed by atoms with van der Waals surface area (Å²) in [6, 6.07) is 17.0. The van der Waals surface area contributed by atoms with Crippen molar-refractivity contribution in [2.45, 2.75) is 32.9 Å². The standard InChI is InChI=1S/C18H21BrClN/c1-13(2)10-18(14-6-4-3-5-7-14)21-12-15-8-9-16(19)11-17(15)20/h3-9,11,13,18,21H,10,12H2,1-2H3. The van der Waals surface area contributed by atoms with E-state index < -0.39 is 0 Å². The zero-order chi connectivity index (χ0) is 15.2. The third-order valence-corrected chi connectivity index (χ3v) is 4.31. The lowest BCUT2D eigenvalue weighted by molar-refractivity contribution is 0.428. The summed E-state index contributed by atoms with van der Waals surface area (Å²) in [6.45, 7) is 5.28. The van der Waals surface area contributed by atoms with Gasteiger partial charge in [-0.1, -0.05) is 77.8 Å². The van der Waals surface area contributed by atoms with Gasteiger partial charge in [-0.15, -0.1) is 0 Å². The van der Waals surface area contributed by atoms with Crippen molar-refractivity contribution in [1.82, 2.24) is 5.32 Å². The van der Waals surface area contributed by atoms with Crippen LogP contribution in [0.4, 0.5) is 0 Å². The zero-order valence-corrected chi connectivity index (χ0v) is 14.8. The third-order valence-electron chi connectivity index (χ3n) is 3.46. The largest absolute Gasteiger partial charge is 0.306 e. The van der Waals surface area contributed by atoms with E-state index in [9.17, 15) is 0 Å². The number of nitrogens with one attached hydrogen (secondary N) is 1. The molecule has 0 aliphatic rings. The summed E-state index contributed by atoms with van der Waals surface area (Å²) >= 11 is 9.74. The van der Waals surface area contributed by atoms with Gasteiger partial charge in [0.1, 0.15) is 0 Å². The monoisotopic (exact) mass is 365 g/mol. The van der Waals surface area contributed by atoms with Gasteiger partial charge in [0.25, 0.3) is 0 Å². The van der Waals surface area contributed by atoms with E-state index in [1.165, 1.54) is 5.56 Å². The SMILES string of the molecule is CC(C)CC(NCc1ccc(Br)cc1Cl)c1ccccc1. The average molecular weight is 367 g/mol. The van der Waals surface area contributed by atoms with Gasteiger partial charge in [-0.3, -0.25) is 0 Å². The minimum Gasteiger partial charge on any atom is -0.306 e. The van der Waals surface area contributed by atoms with E-state index in [0.29, 0.717) is 12.0 Å². The molecule has 1 atom stereocenters. The maximum Gasteiger partial charge on any atom is 0.0462 e. The second-order valence-electron chi connectivity index (χ2n) is 5.71. The molecular formula is C18H21BrClN. The Morgan fingerprint density at radius 2 is 1.81 bits per heavy atom. The Morgan fingerprint density at radius 3 is 2.43 bits per heavy atom. The Hall–Kier alpha value is -0.830.